The Hall–Kier alpha value is -1.13. The summed E-state index contributed by atoms with van der Waals surface area (Å²) in [6.07, 6.45) is 3.13. The largest absolute Gasteiger partial charge is 0.314 e. The summed E-state index contributed by atoms with van der Waals surface area (Å²) < 4.78 is 2.02. The van der Waals surface area contributed by atoms with Crippen molar-refractivity contribution in [3.8, 4) is 0 Å². The van der Waals surface area contributed by atoms with Gasteiger partial charge in [0.2, 0.25) is 0 Å². The van der Waals surface area contributed by atoms with E-state index in [0.29, 0.717) is 6.04 Å². The highest BCUT2D eigenvalue weighted by Gasteiger charge is 2.13. The van der Waals surface area contributed by atoms with E-state index in [1.165, 1.54) is 17.0 Å². The second kappa shape index (κ2) is 6.87. The van der Waals surface area contributed by atoms with Gasteiger partial charge >= 0.3 is 0 Å². The zero-order valence-corrected chi connectivity index (χ0v) is 12.8. The Morgan fingerprint density at radius 1 is 1.37 bits per heavy atom. The molecule has 0 saturated carbocycles. The maximum atomic E-state index is 4.53. The Morgan fingerprint density at radius 3 is 2.79 bits per heavy atom. The summed E-state index contributed by atoms with van der Waals surface area (Å²) >= 11 is 1.77. The van der Waals surface area contributed by atoms with Crippen LogP contribution < -0.4 is 5.32 Å². The second-order valence-corrected chi connectivity index (χ2v) is 5.68. The van der Waals surface area contributed by atoms with Crippen molar-refractivity contribution >= 4 is 11.3 Å². The lowest BCUT2D eigenvalue weighted by atomic mass is 10.0. The summed E-state index contributed by atoms with van der Waals surface area (Å²) in [5.74, 6) is 0. The van der Waals surface area contributed by atoms with Crippen LogP contribution in [0.25, 0.3) is 0 Å². The third-order valence-electron chi connectivity index (χ3n) is 3.40. The molecule has 2 aromatic heterocycles. The Labute approximate surface area is 119 Å². The molecule has 3 nitrogen and oxygen atoms in total. The fourth-order valence-electron chi connectivity index (χ4n) is 2.39. The van der Waals surface area contributed by atoms with Crippen molar-refractivity contribution in [3.63, 3.8) is 0 Å². The van der Waals surface area contributed by atoms with Crippen LogP contribution in [0.5, 0.6) is 0 Å². The molecule has 0 saturated heterocycles. The van der Waals surface area contributed by atoms with Crippen molar-refractivity contribution in [2.45, 2.75) is 39.2 Å². The highest BCUT2D eigenvalue weighted by Crippen LogP contribution is 2.13. The van der Waals surface area contributed by atoms with Gasteiger partial charge in [0.25, 0.3) is 0 Å². The summed E-state index contributed by atoms with van der Waals surface area (Å²) in [6, 6.07) is 4.94. The molecule has 0 radical (unpaired) electrons. The van der Waals surface area contributed by atoms with Crippen LogP contribution in [-0.4, -0.2) is 22.4 Å². The van der Waals surface area contributed by atoms with Crippen LogP contribution in [0.2, 0.25) is 0 Å². The first kappa shape index (κ1) is 14.3. The van der Waals surface area contributed by atoms with Gasteiger partial charge in [-0.15, -0.1) is 0 Å². The van der Waals surface area contributed by atoms with E-state index in [4.69, 9.17) is 0 Å². The predicted octanol–water partition coefficient (Wildman–Crippen LogP) is 2.81. The molecule has 0 aliphatic heterocycles. The molecule has 1 atom stereocenters. The van der Waals surface area contributed by atoms with E-state index < -0.39 is 0 Å². The number of nitrogens with one attached hydrogen (secondary N) is 1. The van der Waals surface area contributed by atoms with Gasteiger partial charge in [-0.2, -0.15) is 16.4 Å². The van der Waals surface area contributed by atoms with Gasteiger partial charge in [0.15, 0.2) is 0 Å². The van der Waals surface area contributed by atoms with E-state index in [1.807, 2.05) is 11.7 Å². The molecule has 0 spiro atoms. The average molecular weight is 277 g/mol. The third-order valence-corrected chi connectivity index (χ3v) is 4.13. The summed E-state index contributed by atoms with van der Waals surface area (Å²) in [4.78, 5) is 0. The van der Waals surface area contributed by atoms with Crippen molar-refractivity contribution < 1.29 is 0 Å². The van der Waals surface area contributed by atoms with E-state index in [2.05, 4.69) is 47.2 Å². The molecule has 0 aliphatic carbocycles. The van der Waals surface area contributed by atoms with Crippen molar-refractivity contribution in [2.75, 3.05) is 6.54 Å². The minimum atomic E-state index is 0.486. The molecule has 1 N–H and O–H groups in total. The first-order valence-corrected chi connectivity index (χ1v) is 7.93. The first-order chi connectivity index (χ1) is 9.22. The minimum Gasteiger partial charge on any atom is -0.314 e. The lowest BCUT2D eigenvalue weighted by molar-refractivity contribution is 0.505. The number of hydrogen-bond acceptors (Lipinski definition) is 3. The molecule has 2 rings (SSSR count). The third kappa shape index (κ3) is 3.91. The molecule has 0 fully saturated rings. The van der Waals surface area contributed by atoms with Crippen LogP contribution in [0.3, 0.4) is 0 Å². The van der Waals surface area contributed by atoms with Gasteiger partial charge in [0, 0.05) is 25.2 Å². The van der Waals surface area contributed by atoms with E-state index in [9.17, 15) is 0 Å². The van der Waals surface area contributed by atoms with E-state index in [1.54, 1.807) is 11.3 Å². The maximum absolute atomic E-state index is 4.53. The average Bonchev–Trinajstić information content (AvgIpc) is 3.00. The van der Waals surface area contributed by atoms with Crippen LogP contribution in [0, 0.1) is 0 Å². The molecule has 2 heterocycles. The van der Waals surface area contributed by atoms with Crippen molar-refractivity contribution in [1.82, 2.24) is 15.1 Å². The number of rotatable bonds is 7. The van der Waals surface area contributed by atoms with Gasteiger partial charge in [0.1, 0.15) is 0 Å². The monoisotopic (exact) mass is 277 g/mol. The lowest BCUT2D eigenvalue weighted by Crippen LogP contribution is -2.33. The SMILES string of the molecule is CCNC(Cc1ccsc1)Cc1cc(CC)nn1C. The van der Waals surface area contributed by atoms with Gasteiger partial charge in [0.05, 0.1) is 5.69 Å². The van der Waals surface area contributed by atoms with Crippen molar-refractivity contribution in [3.05, 3.63) is 39.8 Å². The summed E-state index contributed by atoms with van der Waals surface area (Å²) in [6.45, 7) is 5.33. The lowest BCUT2D eigenvalue weighted by Gasteiger charge is -2.17. The van der Waals surface area contributed by atoms with E-state index >= 15 is 0 Å². The Kier molecular flexibility index (Phi) is 5.16. The van der Waals surface area contributed by atoms with Crippen molar-refractivity contribution in [1.29, 1.82) is 0 Å². The summed E-state index contributed by atoms with van der Waals surface area (Å²) in [7, 11) is 2.04. The normalized spacial score (nSPS) is 12.8. The maximum Gasteiger partial charge on any atom is 0.0624 e. The quantitative estimate of drug-likeness (QED) is 0.843. The molecule has 2 aromatic rings. The molecular formula is C15H23N3S. The number of hydrogen-bond donors (Lipinski definition) is 1. The van der Waals surface area contributed by atoms with Crippen LogP contribution >= 0.6 is 11.3 Å². The Morgan fingerprint density at radius 2 is 2.21 bits per heavy atom. The molecule has 19 heavy (non-hydrogen) atoms. The number of aromatic nitrogens is 2. The highest BCUT2D eigenvalue weighted by atomic mass is 32.1. The first-order valence-electron chi connectivity index (χ1n) is 6.99. The highest BCUT2D eigenvalue weighted by molar-refractivity contribution is 7.07. The molecule has 1 unspecified atom stereocenters. The van der Waals surface area contributed by atoms with E-state index in [0.717, 1.165) is 25.8 Å². The molecule has 0 aliphatic rings. The molecule has 0 bridgehead atoms. The molecule has 0 aromatic carbocycles. The molecule has 104 valence electrons. The zero-order chi connectivity index (χ0) is 13.7. The van der Waals surface area contributed by atoms with Gasteiger partial charge in [-0.05, 0) is 47.8 Å². The number of thiophene rings is 1. The second-order valence-electron chi connectivity index (χ2n) is 4.90. The Bertz CT molecular complexity index is 487. The topological polar surface area (TPSA) is 29.9 Å². The van der Waals surface area contributed by atoms with Crippen molar-refractivity contribution in [2.24, 2.45) is 7.05 Å². The van der Waals surface area contributed by atoms with Crippen LogP contribution in [-0.2, 0) is 26.3 Å². The van der Waals surface area contributed by atoms with Crippen LogP contribution in [0.1, 0.15) is 30.8 Å². The Balaban J connectivity index is 2.04. The zero-order valence-electron chi connectivity index (χ0n) is 12.0. The summed E-state index contributed by atoms with van der Waals surface area (Å²) in [5, 5.41) is 12.5. The van der Waals surface area contributed by atoms with Gasteiger partial charge in [-0.1, -0.05) is 13.8 Å². The molecule has 0 amide bonds. The van der Waals surface area contributed by atoms with Gasteiger partial charge < -0.3 is 5.32 Å². The predicted molar refractivity (Wildman–Crippen MR) is 81.8 cm³/mol. The molecular weight excluding hydrogens is 254 g/mol. The van der Waals surface area contributed by atoms with Crippen LogP contribution in [0.4, 0.5) is 0 Å². The summed E-state index contributed by atoms with van der Waals surface area (Å²) in [5.41, 5.74) is 3.93. The molecule has 4 heteroatoms. The van der Waals surface area contributed by atoms with E-state index in [-0.39, 0.29) is 0 Å². The fraction of sp³-hybridized carbons (Fsp3) is 0.533. The smallest absolute Gasteiger partial charge is 0.0624 e. The van der Waals surface area contributed by atoms with Gasteiger partial charge in [-0.3, -0.25) is 4.68 Å². The number of nitrogens with zero attached hydrogens (tertiary/aromatic N) is 2. The number of likely N-dealkylation sites (N-methyl/N-ethyl adjacent to an activating group) is 1. The minimum absolute atomic E-state index is 0.486. The van der Waals surface area contributed by atoms with Crippen LogP contribution in [0.15, 0.2) is 22.9 Å². The number of aryl methyl sites for hydroxylation is 2. The fourth-order valence-corrected chi connectivity index (χ4v) is 3.07. The van der Waals surface area contributed by atoms with Gasteiger partial charge in [-0.25, -0.2) is 0 Å². The standard InChI is InChI=1S/C15H23N3S/c1-4-13-9-15(18(3)17-13)10-14(16-5-2)8-12-6-7-19-11-12/h6-7,9,11,14,16H,4-5,8,10H2,1-3H3.